The van der Waals surface area contributed by atoms with Crippen LogP contribution in [0.3, 0.4) is 0 Å². The molecule has 1 saturated heterocycles. The quantitative estimate of drug-likeness (QED) is 0.794. The Morgan fingerprint density at radius 1 is 1.18 bits per heavy atom. The fourth-order valence-electron chi connectivity index (χ4n) is 4.05. The zero-order valence-electron chi connectivity index (χ0n) is 15.9. The van der Waals surface area contributed by atoms with Crippen LogP contribution in [0.15, 0.2) is 23.7 Å². The molecule has 0 atom stereocenters. The minimum Gasteiger partial charge on any atom is -0.340 e. The van der Waals surface area contributed by atoms with Crippen LogP contribution in [-0.4, -0.2) is 57.9 Å². The van der Waals surface area contributed by atoms with E-state index in [0.717, 1.165) is 43.0 Å². The summed E-state index contributed by atoms with van der Waals surface area (Å²) in [6, 6.07) is 4.32. The fourth-order valence-corrected chi connectivity index (χ4v) is 4.88. The van der Waals surface area contributed by atoms with E-state index in [2.05, 4.69) is 20.2 Å². The number of rotatable bonds is 5. The van der Waals surface area contributed by atoms with Crippen LogP contribution in [0.5, 0.6) is 0 Å². The second-order valence-corrected chi connectivity index (χ2v) is 8.81. The summed E-state index contributed by atoms with van der Waals surface area (Å²) in [4.78, 5) is 26.0. The smallest absolute Gasteiger partial charge is 0.228 e. The van der Waals surface area contributed by atoms with Crippen molar-refractivity contribution < 1.29 is 4.79 Å². The van der Waals surface area contributed by atoms with Gasteiger partial charge in [-0.1, -0.05) is 30.9 Å². The lowest BCUT2D eigenvalue weighted by molar-refractivity contribution is -0.132. The molecule has 28 heavy (non-hydrogen) atoms. The molecule has 0 aromatic carbocycles. The van der Waals surface area contributed by atoms with Gasteiger partial charge in [-0.05, 0) is 25.0 Å². The van der Waals surface area contributed by atoms with Gasteiger partial charge in [0.25, 0.3) is 0 Å². The van der Waals surface area contributed by atoms with Gasteiger partial charge in [-0.3, -0.25) is 9.69 Å². The number of nitrogens with one attached hydrogen (secondary N) is 1. The molecule has 2 fully saturated rings. The third-order valence-corrected chi connectivity index (χ3v) is 6.63. The molecule has 2 aromatic rings. The molecule has 0 spiro atoms. The summed E-state index contributed by atoms with van der Waals surface area (Å²) < 4.78 is 0. The van der Waals surface area contributed by atoms with Crippen LogP contribution in [-0.2, 0) is 11.2 Å². The van der Waals surface area contributed by atoms with Gasteiger partial charge in [-0.25, -0.2) is 9.97 Å². The molecule has 0 radical (unpaired) electrons. The van der Waals surface area contributed by atoms with Gasteiger partial charge < -0.3 is 10.2 Å². The van der Waals surface area contributed by atoms with Gasteiger partial charge in [-0.2, -0.15) is 0 Å². The number of carbonyl (C=O) groups excluding carboxylic acids is 1. The lowest BCUT2D eigenvalue weighted by Crippen LogP contribution is -2.52. The van der Waals surface area contributed by atoms with E-state index in [4.69, 9.17) is 11.6 Å². The molecular weight excluding hydrogens is 394 g/mol. The minimum atomic E-state index is 0.171. The number of carbonyl (C=O) groups is 1. The lowest BCUT2D eigenvalue weighted by atomic mass is 9.94. The van der Waals surface area contributed by atoms with Crippen LogP contribution in [0.25, 0.3) is 0 Å². The van der Waals surface area contributed by atoms with Crippen LogP contribution in [0.4, 0.5) is 10.9 Å². The number of aromatic nitrogens is 2. The maximum atomic E-state index is 12.7. The summed E-state index contributed by atoms with van der Waals surface area (Å²) in [5.74, 6) is 0.861. The van der Waals surface area contributed by atoms with Crippen LogP contribution in [0.1, 0.15) is 37.8 Å². The van der Waals surface area contributed by atoms with Crippen LogP contribution in [0, 0.1) is 0 Å². The predicted octanol–water partition coefficient (Wildman–Crippen LogP) is 3.95. The van der Waals surface area contributed by atoms with Gasteiger partial charge in [-0.15, -0.1) is 11.3 Å². The van der Waals surface area contributed by atoms with E-state index in [1.807, 2.05) is 10.3 Å². The first-order valence-electron chi connectivity index (χ1n) is 10.0. The SMILES string of the molecule is O=C(Cc1csc(Nc2ccc(Cl)cn2)n1)N1CCN(C2CCCCC2)CC1. The van der Waals surface area contributed by atoms with Crippen molar-refractivity contribution in [2.75, 3.05) is 31.5 Å². The molecule has 0 bridgehead atoms. The summed E-state index contributed by atoms with van der Waals surface area (Å²) in [6.45, 7) is 3.67. The fraction of sp³-hybridized carbons (Fsp3) is 0.550. The number of pyridine rings is 1. The summed E-state index contributed by atoms with van der Waals surface area (Å²) >= 11 is 7.34. The van der Waals surface area contributed by atoms with E-state index in [0.29, 0.717) is 17.3 Å². The Balaban J connectivity index is 1.26. The van der Waals surface area contributed by atoms with Gasteiger partial charge in [0.15, 0.2) is 5.13 Å². The maximum absolute atomic E-state index is 12.7. The summed E-state index contributed by atoms with van der Waals surface area (Å²) in [5, 5.41) is 6.42. The van der Waals surface area contributed by atoms with Crippen molar-refractivity contribution in [2.45, 2.75) is 44.6 Å². The highest BCUT2D eigenvalue weighted by atomic mass is 35.5. The number of amides is 1. The van der Waals surface area contributed by atoms with Crippen LogP contribution >= 0.6 is 22.9 Å². The van der Waals surface area contributed by atoms with E-state index in [1.54, 1.807) is 18.3 Å². The van der Waals surface area contributed by atoms with Crippen molar-refractivity contribution in [3.63, 3.8) is 0 Å². The summed E-state index contributed by atoms with van der Waals surface area (Å²) in [7, 11) is 0. The Morgan fingerprint density at radius 3 is 2.68 bits per heavy atom. The van der Waals surface area contributed by atoms with E-state index >= 15 is 0 Å². The number of hydrogen-bond acceptors (Lipinski definition) is 6. The number of thiazole rings is 1. The second kappa shape index (κ2) is 9.20. The second-order valence-electron chi connectivity index (χ2n) is 7.52. The Bertz CT molecular complexity index is 782. The van der Waals surface area contributed by atoms with Crippen molar-refractivity contribution in [3.8, 4) is 0 Å². The standard InChI is InChI=1S/C20H26ClN5OS/c21-15-6-7-18(22-13-15)24-20-23-16(14-28-20)12-19(27)26-10-8-25(9-11-26)17-4-2-1-3-5-17/h6-7,13-14,17H,1-5,8-12H2,(H,22,23,24). The number of nitrogens with zero attached hydrogens (tertiary/aromatic N) is 4. The zero-order valence-corrected chi connectivity index (χ0v) is 17.5. The average Bonchev–Trinajstić information content (AvgIpc) is 3.17. The maximum Gasteiger partial charge on any atom is 0.228 e. The highest BCUT2D eigenvalue weighted by molar-refractivity contribution is 7.13. The molecule has 6 nitrogen and oxygen atoms in total. The number of piperazine rings is 1. The first-order valence-corrected chi connectivity index (χ1v) is 11.3. The molecule has 1 aliphatic carbocycles. The molecule has 1 N–H and O–H groups in total. The molecule has 150 valence electrons. The van der Waals surface area contributed by atoms with E-state index in [1.165, 1.54) is 43.4 Å². The Kier molecular flexibility index (Phi) is 6.44. The van der Waals surface area contributed by atoms with Gasteiger partial charge in [0.05, 0.1) is 17.1 Å². The van der Waals surface area contributed by atoms with Crippen molar-refractivity contribution in [3.05, 3.63) is 34.4 Å². The van der Waals surface area contributed by atoms with Gasteiger partial charge in [0, 0.05) is 43.8 Å². The van der Waals surface area contributed by atoms with E-state index in [9.17, 15) is 4.79 Å². The third-order valence-electron chi connectivity index (χ3n) is 5.60. The van der Waals surface area contributed by atoms with E-state index in [-0.39, 0.29) is 5.91 Å². The van der Waals surface area contributed by atoms with Crippen molar-refractivity contribution in [1.29, 1.82) is 0 Å². The van der Waals surface area contributed by atoms with Gasteiger partial charge >= 0.3 is 0 Å². The zero-order chi connectivity index (χ0) is 19.3. The number of halogens is 1. The molecule has 1 amide bonds. The predicted molar refractivity (Wildman–Crippen MR) is 113 cm³/mol. The molecule has 3 heterocycles. The topological polar surface area (TPSA) is 61.4 Å². The van der Waals surface area contributed by atoms with Crippen molar-refractivity contribution >= 4 is 39.8 Å². The lowest BCUT2D eigenvalue weighted by Gasteiger charge is -2.40. The third kappa shape index (κ3) is 5.01. The molecule has 2 aliphatic rings. The number of anilines is 2. The van der Waals surface area contributed by atoms with Crippen molar-refractivity contribution in [1.82, 2.24) is 19.8 Å². The molecule has 8 heteroatoms. The van der Waals surface area contributed by atoms with Crippen LogP contribution in [0.2, 0.25) is 5.02 Å². The molecule has 1 saturated carbocycles. The van der Waals surface area contributed by atoms with Crippen LogP contribution < -0.4 is 5.32 Å². The molecule has 4 rings (SSSR count). The molecule has 1 aliphatic heterocycles. The molecular formula is C20H26ClN5OS. The van der Waals surface area contributed by atoms with Gasteiger partial charge in [0.1, 0.15) is 5.82 Å². The van der Waals surface area contributed by atoms with E-state index < -0.39 is 0 Å². The first-order chi connectivity index (χ1) is 13.7. The molecule has 0 unspecified atom stereocenters. The highest BCUT2D eigenvalue weighted by Gasteiger charge is 2.27. The Morgan fingerprint density at radius 2 is 1.96 bits per heavy atom. The summed E-state index contributed by atoms with van der Waals surface area (Å²) in [5.41, 5.74) is 0.807. The Hall–Kier alpha value is -1.70. The largest absolute Gasteiger partial charge is 0.340 e. The Labute approximate surface area is 174 Å². The van der Waals surface area contributed by atoms with Gasteiger partial charge in [0.2, 0.25) is 5.91 Å². The first kappa shape index (κ1) is 19.6. The monoisotopic (exact) mass is 419 g/mol. The summed E-state index contributed by atoms with van der Waals surface area (Å²) in [6.07, 6.45) is 8.69. The average molecular weight is 420 g/mol. The highest BCUT2D eigenvalue weighted by Crippen LogP contribution is 2.24. The normalized spacial score (nSPS) is 19.0. The van der Waals surface area contributed by atoms with Crippen molar-refractivity contribution in [2.24, 2.45) is 0 Å². The number of hydrogen-bond donors (Lipinski definition) is 1. The minimum absolute atomic E-state index is 0.171. The molecule has 2 aromatic heterocycles.